The number of rotatable bonds is 7. The second-order valence-corrected chi connectivity index (χ2v) is 10.7. The molecule has 0 bridgehead atoms. The Balaban J connectivity index is 0.000000178. The number of halogens is 2. The minimum absolute atomic E-state index is 0.214. The predicted molar refractivity (Wildman–Crippen MR) is 127 cm³/mol. The lowest BCUT2D eigenvalue weighted by atomic mass is 9.72. The number of nitrogens with zero attached hydrogens (tertiary/aromatic N) is 4. The Kier molecular flexibility index (Phi) is 7.48. The van der Waals surface area contributed by atoms with E-state index in [4.69, 9.17) is 16.1 Å². The lowest BCUT2D eigenvalue weighted by molar-refractivity contribution is -0.124. The first kappa shape index (κ1) is 26.2. The van der Waals surface area contributed by atoms with Gasteiger partial charge in [0.25, 0.3) is 5.92 Å². The molecule has 2 saturated heterocycles. The van der Waals surface area contributed by atoms with Crippen molar-refractivity contribution in [2.75, 3.05) is 26.2 Å². The normalized spacial score (nSPS) is 22.9. The molecular formula is C25H33F2N6O3-. The van der Waals surface area contributed by atoms with Gasteiger partial charge in [0.15, 0.2) is 0 Å². The van der Waals surface area contributed by atoms with Gasteiger partial charge in [-0.15, -0.1) is 0 Å². The molecule has 2 amide bonds. The maximum atomic E-state index is 13.8. The average molecular weight is 504 g/mol. The number of pyridine rings is 1. The molecule has 9 nitrogen and oxygen atoms in total. The number of nitriles is 1. The van der Waals surface area contributed by atoms with E-state index in [1.165, 1.54) is 51.0 Å². The van der Waals surface area contributed by atoms with E-state index in [1.807, 2.05) is 6.07 Å². The van der Waals surface area contributed by atoms with Crippen LogP contribution in [-0.2, 0) is 11.2 Å². The van der Waals surface area contributed by atoms with Crippen LogP contribution in [0, 0.1) is 16.7 Å². The highest BCUT2D eigenvalue weighted by molar-refractivity contribution is 5.84. The highest BCUT2D eigenvalue weighted by Gasteiger charge is 2.48. The average Bonchev–Trinajstić information content (AvgIpc) is 3.74. The van der Waals surface area contributed by atoms with Crippen LogP contribution in [0.15, 0.2) is 24.4 Å². The summed E-state index contributed by atoms with van der Waals surface area (Å²) in [6.45, 7) is 3.94. The molecule has 3 N–H and O–H groups in total. The van der Waals surface area contributed by atoms with Crippen molar-refractivity contribution in [2.24, 2.45) is 5.41 Å². The van der Waals surface area contributed by atoms with Gasteiger partial charge in [-0.3, -0.25) is 9.78 Å². The summed E-state index contributed by atoms with van der Waals surface area (Å²) in [6.07, 6.45) is 5.35. The number of alkyl halides is 2. The SMILES string of the molecule is N#CC1(NC(=O)[C@@H]([NH-])CC(F)(F)Cc2ccccn2)CC1.O=C(O)N1CC2(CCN(C3CC3)CC2)C1. The zero-order valence-corrected chi connectivity index (χ0v) is 20.3. The van der Waals surface area contributed by atoms with Crippen molar-refractivity contribution < 1.29 is 23.5 Å². The zero-order chi connectivity index (χ0) is 26.0. The largest absolute Gasteiger partial charge is 0.667 e. The van der Waals surface area contributed by atoms with Gasteiger partial charge in [-0.2, -0.15) is 5.26 Å². The number of nitrogens with one attached hydrogen (secondary N) is 2. The minimum atomic E-state index is -3.19. The highest BCUT2D eigenvalue weighted by Crippen LogP contribution is 2.42. The smallest absolute Gasteiger partial charge is 0.407 e. The number of carbonyl (C=O) groups excluding carboxylic acids is 1. The van der Waals surface area contributed by atoms with Crippen LogP contribution in [-0.4, -0.2) is 81.6 Å². The molecule has 11 heteroatoms. The molecule has 4 fully saturated rings. The van der Waals surface area contributed by atoms with Crippen molar-refractivity contribution in [2.45, 2.75) is 74.9 Å². The van der Waals surface area contributed by atoms with Gasteiger partial charge in [-0.05, 0) is 63.7 Å². The van der Waals surface area contributed by atoms with E-state index in [-0.39, 0.29) is 5.69 Å². The molecule has 0 radical (unpaired) electrons. The van der Waals surface area contributed by atoms with Crippen molar-refractivity contribution in [3.63, 3.8) is 0 Å². The topological polar surface area (TPSA) is 133 Å². The van der Waals surface area contributed by atoms with E-state index in [2.05, 4.69) is 15.2 Å². The second kappa shape index (κ2) is 10.3. The van der Waals surface area contributed by atoms with E-state index in [9.17, 15) is 18.4 Å². The Morgan fingerprint density at radius 1 is 1.25 bits per heavy atom. The number of carboxylic acid groups (broad SMARTS) is 1. The first-order valence-electron chi connectivity index (χ1n) is 12.5. The van der Waals surface area contributed by atoms with Gasteiger partial charge in [0.2, 0.25) is 5.91 Å². The van der Waals surface area contributed by atoms with Crippen LogP contribution in [0.1, 0.15) is 50.6 Å². The predicted octanol–water partition coefficient (Wildman–Crippen LogP) is 3.47. The first-order valence-corrected chi connectivity index (χ1v) is 12.5. The van der Waals surface area contributed by atoms with Gasteiger partial charge in [-0.25, -0.2) is 13.6 Å². The molecule has 5 rings (SSSR count). The van der Waals surface area contributed by atoms with Crippen molar-refractivity contribution in [3.05, 3.63) is 35.8 Å². The third-order valence-corrected chi connectivity index (χ3v) is 7.56. The summed E-state index contributed by atoms with van der Waals surface area (Å²) in [5, 5.41) is 20.0. The molecule has 1 atom stereocenters. The molecule has 2 saturated carbocycles. The van der Waals surface area contributed by atoms with Crippen molar-refractivity contribution in [1.82, 2.24) is 20.1 Å². The Bertz CT molecular complexity index is 977. The Morgan fingerprint density at radius 2 is 1.92 bits per heavy atom. The van der Waals surface area contributed by atoms with E-state index in [0.29, 0.717) is 18.3 Å². The molecule has 2 aliphatic carbocycles. The van der Waals surface area contributed by atoms with Crippen LogP contribution in [0.5, 0.6) is 0 Å². The number of likely N-dealkylation sites (tertiary alicyclic amines) is 2. The van der Waals surface area contributed by atoms with Crippen molar-refractivity contribution in [1.29, 1.82) is 5.26 Å². The maximum absolute atomic E-state index is 13.8. The molecule has 2 aliphatic heterocycles. The van der Waals surface area contributed by atoms with E-state index in [1.54, 1.807) is 17.0 Å². The van der Waals surface area contributed by atoms with Gasteiger partial charge < -0.3 is 26.0 Å². The molecular weight excluding hydrogens is 470 g/mol. The molecule has 36 heavy (non-hydrogen) atoms. The summed E-state index contributed by atoms with van der Waals surface area (Å²) in [5.41, 5.74) is 7.19. The molecule has 1 spiro atoms. The molecule has 0 unspecified atom stereocenters. The van der Waals surface area contributed by atoms with E-state index in [0.717, 1.165) is 19.1 Å². The fourth-order valence-electron chi connectivity index (χ4n) is 4.96. The van der Waals surface area contributed by atoms with Crippen LogP contribution in [0.3, 0.4) is 0 Å². The maximum Gasteiger partial charge on any atom is 0.407 e. The molecule has 4 aliphatic rings. The summed E-state index contributed by atoms with van der Waals surface area (Å²) in [4.78, 5) is 30.3. The third-order valence-electron chi connectivity index (χ3n) is 7.56. The van der Waals surface area contributed by atoms with Gasteiger partial charge in [0.05, 0.1) is 12.5 Å². The number of hydrogen-bond acceptors (Lipinski definition) is 5. The first-order chi connectivity index (χ1) is 17.0. The third kappa shape index (κ3) is 6.68. The summed E-state index contributed by atoms with van der Waals surface area (Å²) >= 11 is 0. The number of carbonyl (C=O) groups is 2. The minimum Gasteiger partial charge on any atom is -0.667 e. The molecule has 0 aromatic carbocycles. The Hall–Kier alpha value is -2.84. The fourth-order valence-corrected chi connectivity index (χ4v) is 4.96. The van der Waals surface area contributed by atoms with Crippen molar-refractivity contribution >= 4 is 12.0 Å². The van der Waals surface area contributed by atoms with Crippen molar-refractivity contribution in [3.8, 4) is 6.07 Å². The van der Waals surface area contributed by atoms with Crippen LogP contribution in [0.4, 0.5) is 13.6 Å². The fraction of sp³-hybridized carbons (Fsp3) is 0.680. The van der Waals surface area contributed by atoms with Crippen LogP contribution in [0.2, 0.25) is 0 Å². The van der Waals surface area contributed by atoms with Gasteiger partial charge in [0.1, 0.15) is 5.54 Å². The van der Waals surface area contributed by atoms with Gasteiger partial charge >= 0.3 is 6.09 Å². The van der Waals surface area contributed by atoms with Gasteiger partial charge in [-0.1, -0.05) is 12.1 Å². The Morgan fingerprint density at radius 3 is 2.42 bits per heavy atom. The number of aromatic nitrogens is 1. The zero-order valence-electron chi connectivity index (χ0n) is 20.3. The summed E-state index contributed by atoms with van der Waals surface area (Å²) < 4.78 is 27.7. The highest BCUT2D eigenvalue weighted by atomic mass is 19.3. The van der Waals surface area contributed by atoms with Crippen LogP contribution >= 0.6 is 0 Å². The summed E-state index contributed by atoms with van der Waals surface area (Å²) in [5.74, 6) is -4.02. The lowest BCUT2D eigenvalue weighted by Crippen LogP contribution is -2.61. The number of amides is 2. The lowest BCUT2D eigenvalue weighted by Gasteiger charge is -2.53. The second-order valence-electron chi connectivity index (χ2n) is 10.7. The van der Waals surface area contributed by atoms with E-state index < -0.39 is 42.3 Å². The monoisotopic (exact) mass is 503 g/mol. The molecule has 1 aromatic heterocycles. The molecule has 196 valence electrons. The summed E-state index contributed by atoms with van der Waals surface area (Å²) in [7, 11) is 0. The van der Waals surface area contributed by atoms with Crippen LogP contribution in [0.25, 0.3) is 5.73 Å². The molecule has 3 heterocycles. The van der Waals surface area contributed by atoms with Crippen LogP contribution < -0.4 is 5.32 Å². The molecule has 1 aromatic rings. The number of hydrogen-bond donors (Lipinski definition) is 2. The number of piperidine rings is 1. The standard InChI is InChI=1S/C14H15F2N4O.C11H18N2O2/c15-14(16,7-10-3-1-2-6-19-10)8-11(18)12(21)20-13(9-17)4-5-13;14-10(15)13-7-11(8-13)3-5-12(6-4-11)9-1-2-9/h1-3,6,11,18H,4-5,7-8H2,(H,20,21);9H,1-8H2,(H,14,15)/q-1;/t11-;/m0./s1. The summed E-state index contributed by atoms with van der Waals surface area (Å²) in [6, 6.07) is 5.90. The Labute approximate surface area is 209 Å². The van der Waals surface area contributed by atoms with Gasteiger partial charge in [0, 0.05) is 42.9 Å². The quantitative estimate of drug-likeness (QED) is 0.585. The van der Waals surface area contributed by atoms with E-state index >= 15 is 0 Å².